The standard InChI is InChI=1S/C20H17FN2O/c1-12-20-18(23-17-5-3-2-4-16(17)22-12)10-14(11-19(20)24)13-6-8-15(21)9-7-13/h2-9,14,22H,10-11H2,1H3/t14-/m1/s1. The van der Waals surface area contributed by atoms with Crippen LogP contribution in [0.2, 0.25) is 0 Å². The van der Waals surface area contributed by atoms with E-state index < -0.39 is 0 Å². The number of ketones is 1. The van der Waals surface area contributed by atoms with Gasteiger partial charge in [-0.1, -0.05) is 24.3 Å². The van der Waals surface area contributed by atoms with Crippen molar-refractivity contribution in [3.05, 3.63) is 71.2 Å². The smallest absolute Gasteiger partial charge is 0.167 e. The highest BCUT2D eigenvalue weighted by Gasteiger charge is 2.32. The number of benzene rings is 2. The molecule has 24 heavy (non-hydrogen) atoms. The zero-order chi connectivity index (χ0) is 16.7. The average Bonchev–Trinajstić information content (AvgIpc) is 2.71. The number of aliphatic imine (C=N–C) groups is 1. The number of rotatable bonds is 1. The average molecular weight is 320 g/mol. The molecule has 0 unspecified atom stereocenters. The van der Waals surface area contributed by atoms with Crippen LogP contribution in [0.15, 0.2) is 64.8 Å². The van der Waals surface area contributed by atoms with Crippen molar-refractivity contribution in [2.24, 2.45) is 4.99 Å². The van der Waals surface area contributed by atoms with E-state index in [2.05, 4.69) is 5.32 Å². The first-order valence-corrected chi connectivity index (χ1v) is 8.05. The largest absolute Gasteiger partial charge is 0.357 e. The van der Waals surface area contributed by atoms with Crippen molar-refractivity contribution < 1.29 is 9.18 Å². The molecule has 1 saturated carbocycles. The lowest BCUT2D eigenvalue weighted by atomic mass is 9.79. The molecule has 0 aromatic heterocycles. The van der Waals surface area contributed by atoms with Crippen molar-refractivity contribution in [2.75, 3.05) is 5.32 Å². The maximum absolute atomic E-state index is 13.2. The lowest BCUT2D eigenvalue weighted by molar-refractivity contribution is -0.115. The molecule has 3 nitrogen and oxygen atoms in total. The summed E-state index contributed by atoms with van der Waals surface area (Å²) in [6, 6.07) is 14.2. The highest BCUT2D eigenvalue weighted by atomic mass is 19.1. The van der Waals surface area contributed by atoms with Crippen molar-refractivity contribution in [3.63, 3.8) is 0 Å². The van der Waals surface area contributed by atoms with Gasteiger partial charge in [-0.3, -0.25) is 9.79 Å². The van der Waals surface area contributed by atoms with Crippen LogP contribution in [0, 0.1) is 5.82 Å². The van der Waals surface area contributed by atoms with Crippen LogP contribution >= 0.6 is 0 Å². The van der Waals surface area contributed by atoms with Gasteiger partial charge in [0.15, 0.2) is 5.78 Å². The third-order valence-electron chi connectivity index (χ3n) is 4.64. The Morgan fingerprint density at radius 2 is 1.83 bits per heavy atom. The molecule has 2 aliphatic rings. The summed E-state index contributed by atoms with van der Waals surface area (Å²) in [6.07, 6.45) is 1.11. The van der Waals surface area contributed by atoms with E-state index in [1.807, 2.05) is 31.2 Å². The van der Waals surface area contributed by atoms with Gasteiger partial charge in [0.25, 0.3) is 0 Å². The van der Waals surface area contributed by atoms with Crippen LogP contribution in [-0.4, -0.2) is 11.5 Å². The number of hydrogen-bond acceptors (Lipinski definition) is 3. The molecule has 4 heteroatoms. The first-order valence-electron chi connectivity index (χ1n) is 8.05. The van der Waals surface area contributed by atoms with Gasteiger partial charge in [0, 0.05) is 12.1 Å². The van der Waals surface area contributed by atoms with Crippen molar-refractivity contribution in [1.82, 2.24) is 0 Å². The Morgan fingerprint density at radius 1 is 1.08 bits per heavy atom. The molecule has 1 heterocycles. The summed E-state index contributed by atoms with van der Waals surface area (Å²) >= 11 is 0. The van der Waals surface area contributed by atoms with Crippen molar-refractivity contribution in [3.8, 4) is 0 Å². The number of nitrogens with zero attached hydrogens (tertiary/aromatic N) is 1. The SMILES string of the molecule is CC1=C2C(=O)C[C@H](c3ccc(F)cc3)CC2=Nc2ccccc2N1. The van der Waals surface area contributed by atoms with Gasteiger partial charge in [-0.2, -0.15) is 0 Å². The van der Waals surface area contributed by atoms with E-state index in [0.717, 1.165) is 28.3 Å². The number of carbonyl (C=O) groups excluding carboxylic acids is 1. The van der Waals surface area contributed by atoms with Crippen molar-refractivity contribution >= 4 is 22.9 Å². The lowest BCUT2D eigenvalue weighted by Crippen LogP contribution is -2.26. The fourth-order valence-electron chi connectivity index (χ4n) is 3.48. The molecule has 1 fully saturated rings. The topological polar surface area (TPSA) is 41.5 Å². The molecule has 120 valence electrons. The van der Waals surface area contributed by atoms with Crippen LogP contribution < -0.4 is 5.32 Å². The van der Waals surface area contributed by atoms with E-state index in [-0.39, 0.29) is 17.5 Å². The monoisotopic (exact) mass is 320 g/mol. The summed E-state index contributed by atoms with van der Waals surface area (Å²) < 4.78 is 13.2. The predicted molar refractivity (Wildman–Crippen MR) is 93.2 cm³/mol. The van der Waals surface area contributed by atoms with Gasteiger partial charge in [-0.05, 0) is 49.1 Å². The number of fused-ring (bicyclic) bond motifs is 2. The Bertz CT molecular complexity index is 881. The zero-order valence-corrected chi connectivity index (χ0v) is 13.3. The van der Waals surface area contributed by atoms with E-state index >= 15 is 0 Å². The first-order chi connectivity index (χ1) is 11.6. The van der Waals surface area contributed by atoms with E-state index in [1.165, 1.54) is 12.1 Å². The molecular weight excluding hydrogens is 303 g/mol. The number of halogens is 1. The van der Waals surface area contributed by atoms with Gasteiger partial charge in [0.2, 0.25) is 0 Å². The van der Waals surface area contributed by atoms with E-state index in [4.69, 9.17) is 4.99 Å². The highest BCUT2D eigenvalue weighted by molar-refractivity contribution is 6.26. The second kappa shape index (κ2) is 5.71. The van der Waals surface area contributed by atoms with E-state index in [1.54, 1.807) is 12.1 Å². The van der Waals surface area contributed by atoms with Gasteiger partial charge in [0.05, 0.1) is 22.7 Å². The van der Waals surface area contributed by atoms with Crippen LogP contribution in [0.4, 0.5) is 15.8 Å². The number of para-hydroxylation sites is 2. The molecule has 0 amide bonds. The van der Waals surface area contributed by atoms with Crippen LogP contribution in [0.5, 0.6) is 0 Å². The summed E-state index contributed by atoms with van der Waals surface area (Å²) in [5, 5.41) is 3.31. The molecule has 1 aliphatic carbocycles. The summed E-state index contributed by atoms with van der Waals surface area (Å²) in [4.78, 5) is 17.5. The molecule has 2 aromatic carbocycles. The van der Waals surface area contributed by atoms with Crippen molar-refractivity contribution in [2.45, 2.75) is 25.7 Å². The van der Waals surface area contributed by atoms with Gasteiger partial charge in [0.1, 0.15) is 5.82 Å². The van der Waals surface area contributed by atoms with Crippen LogP contribution in [0.3, 0.4) is 0 Å². The fraction of sp³-hybridized carbons (Fsp3) is 0.200. The van der Waals surface area contributed by atoms with Gasteiger partial charge in [-0.15, -0.1) is 0 Å². The van der Waals surface area contributed by atoms with Gasteiger partial charge < -0.3 is 5.32 Å². The number of carbonyl (C=O) groups is 1. The predicted octanol–water partition coefficient (Wildman–Crippen LogP) is 4.74. The molecule has 2 aromatic rings. The minimum atomic E-state index is -0.262. The van der Waals surface area contributed by atoms with E-state index in [0.29, 0.717) is 18.4 Å². The summed E-state index contributed by atoms with van der Waals surface area (Å²) in [6.45, 7) is 1.92. The molecule has 0 saturated heterocycles. The third-order valence-corrected chi connectivity index (χ3v) is 4.64. The zero-order valence-electron chi connectivity index (χ0n) is 13.3. The van der Waals surface area contributed by atoms with Gasteiger partial charge in [-0.25, -0.2) is 4.39 Å². The minimum absolute atomic E-state index is 0.0404. The molecule has 1 atom stereocenters. The quantitative estimate of drug-likeness (QED) is 0.824. The summed E-state index contributed by atoms with van der Waals surface area (Å²) in [5.74, 6) is -0.131. The molecule has 1 N–H and O–H groups in total. The Morgan fingerprint density at radius 3 is 2.62 bits per heavy atom. The van der Waals surface area contributed by atoms with Crippen LogP contribution in [0.25, 0.3) is 0 Å². The molecule has 0 spiro atoms. The molecule has 4 rings (SSSR count). The van der Waals surface area contributed by atoms with Crippen molar-refractivity contribution in [1.29, 1.82) is 0 Å². The Hall–Kier alpha value is -2.75. The molecule has 1 aliphatic heterocycles. The number of nitrogens with one attached hydrogen (secondary N) is 1. The number of Topliss-reactive ketones (excluding diaryl/α,β-unsaturated/α-hetero) is 1. The maximum atomic E-state index is 13.2. The second-order valence-electron chi connectivity index (χ2n) is 6.28. The number of allylic oxidation sites excluding steroid dienone is 2. The Balaban J connectivity index is 1.77. The Kier molecular flexibility index (Phi) is 3.53. The maximum Gasteiger partial charge on any atom is 0.167 e. The summed E-state index contributed by atoms with van der Waals surface area (Å²) in [7, 11) is 0. The first kappa shape index (κ1) is 14.8. The fourth-order valence-corrected chi connectivity index (χ4v) is 3.48. The lowest BCUT2D eigenvalue weighted by Gasteiger charge is -2.25. The third kappa shape index (κ3) is 2.54. The summed E-state index contributed by atoms with van der Waals surface area (Å²) in [5.41, 5.74) is 5.10. The molecule has 0 bridgehead atoms. The Labute approximate surface area is 139 Å². The van der Waals surface area contributed by atoms with Crippen LogP contribution in [-0.2, 0) is 4.79 Å². The van der Waals surface area contributed by atoms with Gasteiger partial charge >= 0.3 is 0 Å². The molecular formula is C20H17FN2O. The molecule has 0 radical (unpaired) electrons. The second-order valence-corrected chi connectivity index (χ2v) is 6.28. The highest BCUT2D eigenvalue weighted by Crippen LogP contribution is 2.38. The normalized spacial score (nSPS) is 19.8. The van der Waals surface area contributed by atoms with E-state index in [9.17, 15) is 9.18 Å². The number of anilines is 1. The number of hydrogen-bond donors (Lipinski definition) is 1. The van der Waals surface area contributed by atoms with Crippen LogP contribution in [0.1, 0.15) is 31.2 Å². The minimum Gasteiger partial charge on any atom is -0.357 e.